The molecule has 0 unspecified atom stereocenters. The molecule has 0 amide bonds. The van der Waals surface area contributed by atoms with Crippen LogP contribution in [0.3, 0.4) is 0 Å². The fourth-order valence-corrected chi connectivity index (χ4v) is 3.81. The number of hydrogen-bond donors (Lipinski definition) is 1. The Morgan fingerprint density at radius 1 is 0.821 bits per heavy atom. The van der Waals surface area contributed by atoms with E-state index in [4.69, 9.17) is 28.2 Å². The van der Waals surface area contributed by atoms with Gasteiger partial charge in [-0.2, -0.15) is 0 Å². The van der Waals surface area contributed by atoms with Crippen LogP contribution in [0.2, 0.25) is 10.0 Å². The van der Waals surface area contributed by atoms with Crippen LogP contribution in [0.15, 0.2) is 48.5 Å². The predicted octanol–water partition coefficient (Wildman–Crippen LogP) is 4.70. The predicted molar refractivity (Wildman–Crippen MR) is 115 cm³/mol. The first-order valence-corrected chi connectivity index (χ1v) is 10.0. The summed E-state index contributed by atoms with van der Waals surface area (Å²) in [5.74, 6) is 1.42. The molecule has 4 rings (SSSR count). The Bertz CT molecular complexity index is 950. The largest absolute Gasteiger partial charge is 0.352 e. The van der Waals surface area contributed by atoms with E-state index in [-0.39, 0.29) is 0 Å². The molecule has 7 heteroatoms. The molecule has 3 aromatic rings. The van der Waals surface area contributed by atoms with Gasteiger partial charge in [0, 0.05) is 46.3 Å². The van der Waals surface area contributed by atoms with Gasteiger partial charge in [-0.3, -0.25) is 0 Å². The molecule has 0 spiro atoms. The maximum atomic E-state index is 6.06. The summed E-state index contributed by atoms with van der Waals surface area (Å²) in [5, 5.41) is 13.9. The third kappa shape index (κ3) is 4.12. The molecule has 0 radical (unpaired) electrons. The average Bonchev–Trinajstić information content (AvgIpc) is 2.68. The number of piperazine rings is 1. The molecule has 0 aliphatic carbocycles. The summed E-state index contributed by atoms with van der Waals surface area (Å²) >= 11 is 12.1. The van der Waals surface area contributed by atoms with Crippen LogP contribution in [-0.4, -0.2) is 40.4 Å². The van der Waals surface area contributed by atoms with E-state index in [1.165, 1.54) is 0 Å². The van der Waals surface area contributed by atoms with Crippen molar-refractivity contribution in [2.75, 3.05) is 18.0 Å². The quantitative estimate of drug-likeness (QED) is 0.674. The Labute approximate surface area is 174 Å². The standard InChI is InChI=1S/C21H21Cl2N5/c1-13-11-28(12-14(2)24-13)21-19(15-3-7-17(22)8-4-15)26-27-20(25-21)16-5-9-18(23)10-6-16/h3-10,13-14,24H,11-12H2,1-2H3/t13-,14-/m1/s1. The molecule has 5 nitrogen and oxygen atoms in total. The molecule has 1 fully saturated rings. The SMILES string of the molecule is C[C@@H]1CN(c2nc(-c3ccc(Cl)cc3)nnc2-c2ccc(Cl)cc2)C[C@@H](C)N1. The van der Waals surface area contributed by atoms with E-state index in [1.807, 2.05) is 48.5 Å². The first kappa shape index (κ1) is 19.1. The topological polar surface area (TPSA) is 53.9 Å². The summed E-state index contributed by atoms with van der Waals surface area (Å²) < 4.78 is 0. The zero-order valence-electron chi connectivity index (χ0n) is 15.7. The lowest BCUT2D eigenvalue weighted by molar-refractivity contribution is 0.405. The molecule has 2 heterocycles. The minimum Gasteiger partial charge on any atom is -0.352 e. The molecular weight excluding hydrogens is 393 g/mol. The summed E-state index contributed by atoms with van der Waals surface area (Å²) in [5.41, 5.74) is 2.59. The van der Waals surface area contributed by atoms with Crippen molar-refractivity contribution in [3.05, 3.63) is 58.6 Å². The highest BCUT2D eigenvalue weighted by atomic mass is 35.5. The van der Waals surface area contributed by atoms with E-state index >= 15 is 0 Å². The van der Waals surface area contributed by atoms with E-state index in [2.05, 4.69) is 34.3 Å². The summed E-state index contributed by atoms with van der Waals surface area (Å²) in [6.07, 6.45) is 0. The molecule has 28 heavy (non-hydrogen) atoms. The Hall–Kier alpha value is -2.21. The first-order chi connectivity index (χ1) is 13.5. The molecule has 2 aromatic carbocycles. The number of hydrogen-bond acceptors (Lipinski definition) is 5. The van der Waals surface area contributed by atoms with Gasteiger partial charge in [-0.1, -0.05) is 35.3 Å². The minimum absolute atomic E-state index is 0.357. The molecule has 144 valence electrons. The maximum Gasteiger partial charge on any atom is 0.183 e. The van der Waals surface area contributed by atoms with Gasteiger partial charge in [0.2, 0.25) is 0 Å². The van der Waals surface area contributed by atoms with Gasteiger partial charge in [0.1, 0.15) is 5.69 Å². The smallest absolute Gasteiger partial charge is 0.183 e. The van der Waals surface area contributed by atoms with Gasteiger partial charge in [-0.25, -0.2) is 4.98 Å². The van der Waals surface area contributed by atoms with Crippen LogP contribution in [0.4, 0.5) is 5.82 Å². The van der Waals surface area contributed by atoms with Gasteiger partial charge in [-0.15, -0.1) is 10.2 Å². The molecule has 1 aliphatic heterocycles. The number of benzene rings is 2. The Kier molecular flexibility index (Phi) is 5.49. The van der Waals surface area contributed by atoms with Crippen LogP contribution in [0.25, 0.3) is 22.6 Å². The molecule has 1 aliphatic rings. The van der Waals surface area contributed by atoms with Gasteiger partial charge < -0.3 is 10.2 Å². The van der Waals surface area contributed by atoms with Crippen molar-refractivity contribution in [1.82, 2.24) is 20.5 Å². The van der Waals surface area contributed by atoms with Crippen molar-refractivity contribution in [2.24, 2.45) is 0 Å². The maximum absolute atomic E-state index is 6.06. The molecular formula is C21H21Cl2N5. The van der Waals surface area contributed by atoms with E-state index in [1.54, 1.807) is 0 Å². The van der Waals surface area contributed by atoms with Gasteiger partial charge in [0.05, 0.1) is 0 Å². The molecule has 0 bridgehead atoms. The lowest BCUT2D eigenvalue weighted by atomic mass is 10.1. The summed E-state index contributed by atoms with van der Waals surface area (Å²) in [7, 11) is 0. The molecule has 1 N–H and O–H groups in total. The van der Waals surface area contributed by atoms with Gasteiger partial charge in [0.25, 0.3) is 0 Å². The van der Waals surface area contributed by atoms with Crippen molar-refractivity contribution in [2.45, 2.75) is 25.9 Å². The summed E-state index contributed by atoms with van der Waals surface area (Å²) in [6.45, 7) is 6.06. The highest BCUT2D eigenvalue weighted by Gasteiger charge is 2.26. The first-order valence-electron chi connectivity index (χ1n) is 9.27. The second-order valence-corrected chi connectivity index (χ2v) is 8.07. The monoisotopic (exact) mass is 413 g/mol. The summed E-state index contributed by atoms with van der Waals surface area (Å²) in [6, 6.07) is 15.8. The third-order valence-corrected chi connectivity index (χ3v) is 5.25. The van der Waals surface area contributed by atoms with Crippen LogP contribution in [0, 0.1) is 0 Å². The van der Waals surface area contributed by atoms with Crippen molar-refractivity contribution in [1.29, 1.82) is 0 Å². The van der Waals surface area contributed by atoms with Crippen LogP contribution < -0.4 is 10.2 Å². The van der Waals surface area contributed by atoms with Crippen molar-refractivity contribution in [3.8, 4) is 22.6 Å². The number of nitrogens with zero attached hydrogens (tertiary/aromatic N) is 4. The van der Waals surface area contributed by atoms with E-state index < -0.39 is 0 Å². The fourth-order valence-electron chi connectivity index (χ4n) is 3.55. The lowest BCUT2D eigenvalue weighted by Gasteiger charge is -2.37. The Balaban J connectivity index is 1.81. The van der Waals surface area contributed by atoms with Crippen LogP contribution in [-0.2, 0) is 0 Å². The summed E-state index contributed by atoms with van der Waals surface area (Å²) in [4.78, 5) is 7.19. The van der Waals surface area contributed by atoms with E-state index in [9.17, 15) is 0 Å². The number of halogens is 2. The average molecular weight is 414 g/mol. The van der Waals surface area contributed by atoms with Crippen LogP contribution >= 0.6 is 23.2 Å². The zero-order chi connectivity index (χ0) is 19.7. The minimum atomic E-state index is 0.357. The molecule has 1 aromatic heterocycles. The van der Waals surface area contributed by atoms with Crippen molar-refractivity contribution >= 4 is 29.0 Å². The third-order valence-electron chi connectivity index (χ3n) is 4.75. The number of rotatable bonds is 3. The van der Waals surface area contributed by atoms with Crippen molar-refractivity contribution < 1.29 is 0 Å². The van der Waals surface area contributed by atoms with Gasteiger partial charge >= 0.3 is 0 Å². The molecule has 2 atom stereocenters. The number of anilines is 1. The van der Waals surface area contributed by atoms with Crippen LogP contribution in [0.5, 0.6) is 0 Å². The zero-order valence-corrected chi connectivity index (χ0v) is 17.2. The van der Waals surface area contributed by atoms with E-state index in [0.29, 0.717) is 28.0 Å². The second-order valence-electron chi connectivity index (χ2n) is 7.20. The second kappa shape index (κ2) is 8.03. The normalized spacial score (nSPS) is 19.6. The Morgan fingerprint density at radius 2 is 1.36 bits per heavy atom. The van der Waals surface area contributed by atoms with Crippen molar-refractivity contribution in [3.63, 3.8) is 0 Å². The van der Waals surface area contributed by atoms with E-state index in [0.717, 1.165) is 35.7 Å². The fraction of sp³-hybridized carbons (Fsp3) is 0.286. The lowest BCUT2D eigenvalue weighted by Crippen LogP contribution is -2.54. The van der Waals surface area contributed by atoms with Gasteiger partial charge in [-0.05, 0) is 50.2 Å². The number of aromatic nitrogens is 3. The Morgan fingerprint density at radius 3 is 1.93 bits per heavy atom. The number of nitrogens with one attached hydrogen (secondary N) is 1. The van der Waals surface area contributed by atoms with Gasteiger partial charge in [0.15, 0.2) is 11.6 Å². The molecule has 1 saturated heterocycles. The highest BCUT2D eigenvalue weighted by molar-refractivity contribution is 6.30. The van der Waals surface area contributed by atoms with Crippen LogP contribution in [0.1, 0.15) is 13.8 Å². The molecule has 0 saturated carbocycles. The highest BCUT2D eigenvalue weighted by Crippen LogP contribution is 2.31.